The summed E-state index contributed by atoms with van der Waals surface area (Å²) in [7, 11) is 0. The minimum Gasteiger partial charge on any atom is -0.302 e. The van der Waals surface area contributed by atoms with Gasteiger partial charge < -0.3 is 4.90 Å². The zero-order valence-electron chi connectivity index (χ0n) is 12.6. The lowest BCUT2D eigenvalue weighted by molar-refractivity contribution is -0.168. The molecular weight excluding hydrogens is 444 g/mol. The Balaban J connectivity index is 2.08. The van der Waals surface area contributed by atoms with Crippen LogP contribution in [0.1, 0.15) is 27.0 Å². The number of halogens is 5. The van der Waals surface area contributed by atoms with Crippen LogP contribution in [0.3, 0.4) is 0 Å². The number of alkyl halides is 3. The zero-order chi connectivity index (χ0) is 19.2. The first kappa shape index (κ1) is 18.8. The third-order valence-electron chi connectivity index (χ3n) is 3.73. The van der Waals surface area contributed by atoms with E-state index in [2.05, 4.69) is 15.9 Å². The Bertz CT molecular complexity index is 886. The van der Waals surface area contributed by atoms with Gasteiger partial charge in [0.15, 0.2) is 6.17 Å². The van der Waals surface area contributed by atoms with E-state index >= 15 is 0 Å². The second kappa shape index (κ2) is 6.63. The molecule has 0 bridgehead atoms. The van der Waals surface area contributed by atoms with Gasteiger partial charge in [0.2, 0.25) is 0 Å². The van der Waals surface area contributed by atoms with Gasteiger partial charge in [-0.2, -0.15) is 18.2 Å². The first-order valence-corrected chi connectivity index (χ1v) is 8.65. The Morgan fingerprint density at radius 2 is 1.96 bits per heavy atom. The molecule has 2 amide bonds. The van der Waals surface area contributed by atoms with Crippen LogP contribution in [0, 0.1) is 5.82 Å². The molecule has 0 aliphatic carbocycles. The minimum absolute atomic E-state index is 0.254. The molecule has 0 saturated carbocycles. The lowest BCUT2D eigenvalue weighted by atomic mass is 10.0. The topological polar surface area (TPSA) is 60.9 Å². The Morgan fingerprint density at radius 1 is 1.27 bits per heavy atom. The number of carbonyl (C=O) groups is 2. The summed E-state index contributed by atoms with van der Waals surface area (Å²) in [6.07, 6.45) is -6.30. The lowest BCUT2D eigenvalue weighted by Crippen LogP contribution is -2.35. The molecule has 1 unspecified atom stereocenters. The first-order valence-electron chi connectivity index (χ1n) is 7.04. The highest BCUT2D eigenvalue weighted by molar-refractivity contribution is 9.11. The molecular formula is C15H9BrF4N2O3S. The molecule has 1 atom stereocenters. The van der Waals surface area contributed by atoms with Crippen LogP contribution in [0.5, 0.6) is 0 Å². The lowest BCUT2D eigenvalue weighted by Gasteiger charge is -2.26. The fraction of sp³-hybridized carbons (Fsp3) is 0.200. The molecule has 5 nitrogen and oxygen atoms in total. The quantitative estimate of drug-likeness (QED) is 0.552. The molecule has 0 radical (unpaired) electrons. The van der Waals surface area contributed by atoms with Crippen LogP contribution < -0.4 is 0 Å². The summed E-state index contributed by atoms with van der Waals surface area (Å²) >= 11 is 4.26. The predicted molar refractivity (Wildman–Crippen MR) is 85.8 cm³/mol. The van der Waals surface area contributed by atoms with E-state index in [1.165, 1.54) is 6.07 Å². The molecule has 2 heterocycles. The molecule has 0 spiro atoms. The van der Waals surface area contributed by atoms with Crippen molar-refractivity contribution in [1.29, 1.82) is 0 Å². The van der Waals surface area contributed by atoms with E-state index < -0.39 is 47.6 Å². The first-order chi connectivity index (χ1) is 12.1. The second-order valence-corrected chi connectivity index (χ2v) is 7.84. The number of hydrogen-bond acceptors (Lipinski definition) is 4. The van der Waals surface area contributed by atoms with Gasteiger partial charge in [0, 0.05) is 0 Å². The van der Waals surface area contributed by atoms with Gasteiger partial charge in [0.1, 0.15) is 12.4 Å². The number of rotatable bonds is 2. The average molecular weight is 453 g/mol. The van der Waals surface area contributed by atoms with Crippen molar-refractivity contribution in [2.24, 2.45) is 0 Å². The monoisotopic (exact) mass is 452 g/mol. The van der Waals surface area contributed by atoms with Crippen molar-refractivity contribution in [3.63, 3.8) is 0 Å². The van der Waals surface area contributed by atoms with Gasteiger partial charge in [-0.25, -0.2) is 4.39 Å². The van der Waals surface area contributed by atoms with E-state index in [1.54, 1.807) is 6.07 Å². The zero-order valence-corrected chi connectivity index (χ0v) is 15.0. The van der Waals surface area contributed by atoms with Gasteiger partial charge >= 0.3 is 6.18 Å². The normalized spacial score (nSPS) is 17.9. The van der Waals surface area contributed by atoms with Crippen LogP contribution in [0.25, 0.3) is 0 Å². The Labute approximate surface area is 156 Å². The number of amides is 2. The van der Waals surface area contributed by atoms with Crippen molar-refractivity contribution in [3.05, 3.63) is 55.9 Å². The van der Waals surface area contributed by atoms with Gasteiger partial charge in [-0.1, -0.05) is 6.07 Å². The molecule has 138 valence electrons. The van der Waals surface area contributed by atoms with Gasteiger partial charge in [-0.15, -0.1) is 11.3 Å². The van der Waals surface area contributed by atoms with Crippen LogP contribution in [-0.4, -0.2) is 33.5 Å². The van der Waals surface area contributed by atoms with Gasteiger partial charge in [-0.3, -0.25) is 14.8 Å². The maximum atomic E-state index is 14.1. The molecule has 26 heavy (non-hydrogen) atoms. The third-order valence-corrected chi connectivity index (χ3v) is 5.39. The Hall–Kier alpha value is -1.98. The van der Waals surface area contributed by atoms with E-state index in [4.69, 9.17) is 0 Å². The molecule has 1 aromatic carbocycles. The summed E-state index contributed by atoms with van der Waals surface area (Å²) < 4.78 is 54.3. The highest BCUT2D eigenvalue weighted by atomic mass is 79.9. The second-order valence-electron chi connectivity index (χ2n) is 5.35. The van der Waals surface area contributed by atoms with Crippen molar-refractivity contribution in [2.75, 3.05) is 6.54 Å². The summed E-state index contributed by atoms with van der Waals surface area (Å²) in [6.45, 7) is -0.679. The molecule has 1 N–H and O–H groups in total. The molecule has 3 rings (SSSR count). The van der Waals surface area contributed by atoms with Crippen molar-refractivity contribution in [2.45, 2.75) is 12.3 Å². The highest BCUT2D eigenvalue weighted by Crippen LogP contribution is 2.39. The molecule has 1 saturated heterocycles. The third kappa shape index (κ3) is 3.21. The molecule has 1 aliphatic rings. The predicted octanol–water partition coefficient (Wildman–Crippen LogP) is 4.04. The van der Waals surface area contributed by atoms with E-state index in [9.17, 15) is 32.4 Å². The van der Waals surface area contributed by atoms with Crippen molar-refractivity contribution in [3.8, 4) is 0 Å². The summed E-state index contributed by atoms with van der Waals surface area (Å²) in [6, 6.07) is 5.24. The van der Waals surface area contributed by atoms with Crippen LogP contribution in [-0.2, 0) is 11.0 Å². The largest absolute Gasteiger partial charge is 0.417 e. The number of hydrogen-bond donors (Lipinski definition) is 1. The molecule has 1 aromatic heterocycles. The average Bonchev–Trinajstić information content (AvgIpc) is 3.09. The van der Waals surface area contributed by atoms with Gasteiger partial charge in [-0.05, 0) is 40.2 Å². The molecule has 11 heteroatoms. The number of thiophene rings is 1. The minimum atomic E-state index is -4.96. The number of nitrogens with zero attached hydrogens (tertiary/aromatic N) is 2. The summed E-state index contributed by atoms with van der Waals surface area (Å²) in [5.41, 5.74) is -2.64. The standard InChI is InChI=1S/C15H9BrF4N2O3S/c16-10-5-4-9(26-10)13-21(6-11(23)22(13)25)14(24)12-7(15(18,19)20)2-1-3-8(12)17/h1-5,13,25H,6H2. The molecule has 1 aliphatic heterocycles. The number of carbonyl (C=O) groups excluding carboxylic acids is 2. The summed E-state index contributed by atoms with van der Waals surface area (Å²) in [4.78, 5) is 25.6. The Morgan fingerprint density at radius 3 is 2.54 bits per heavy atom. The smallest absolute Gasteiger partial charge is 0.302 e. The van der Waals surface area contributed by atoms with Crippen LogP contribution in [0.2, 0.25) is 0 Å². The van der Waals surface area contributed by atoms with E-state index in [0.717, 1.165) is 23.5 Å². The molecule has 1 fully saturated rings. The molecule has 2 aromatic rings. The summed E-state index contributed by atoms with van der Waals surface area (Å²) in [5, 5.41) is 10.2. The fourth-order valence-electron chi connectivity index (χ4n) is 2.62. The van der Waals surface area contributed by atoms with Gasteiger partial charge in [0.25, 0.3) is 11.8 Å². The van der Waals surface area contributed by atoms with Gasteiger partial charge in [0.05, 0.1) is 19.8 Å². The fourth-order valence-corrected chi connectivity index (χ4v) is 4.14. The van der Waals surface area contributed by atoms with E-state index in [-0.39, 0.29) is 5.06 Å². The van der Waals surface area contributed by atoms with Crippen molar-refractivity contribution >= 4 is 39.1 Å². The number of benzene rings is 1. The van der Waals surface area contributed by atoms with Crippen LogP contribution in [0.15, 0.2) is 34.1 Å². The maximum Gasteiger partial charge on any atom is 0.417 e. The van der Waals surface area contributed by atoms with Crippen molar-refractivity contribution < 1.29 is 32.4 Å². The van der Waals surface area contributed by atoms with Crippen LogP contribution in [0.4, 0.5) is 17.6 Å². The summed E-state index contributed by atoms with van der Waals surface area (Å²) in [5.74, 6) is -3.59. The number of hydroxylamine groups is 2. The van der Waals surface area contributed by atoms with E-state index in [0.29, 0.717) is 19.6 Å². The van der Waals surface area contributed by atoms with Crippen molar-refractivity contribution in [1.82, 2.24) is 9.96 Å². The maximum absolute atomic E-state index is 14.1. The SMILES string of the molecule is O=C1CN(C(=O)c2c(F)cccc2C(F)(F)F)C(c2ccc(Br)s2)N1O. The highest BCUT2D eigenvalue weighted by Gasteiger charge is 2.45. The van der Waals surface area contributed by atoms with E-state index in [1.807, 2.05) is 0 Å². The Kier molecular flexibility index (Phi) is 4.80. The van der Waals surface area contributed by atoms with Crippen LogP contribution >= 0.6 is 27.3 Å².